The molecule has 0 aliphatic heterocycles. The predicted molar refractivity (Wildman–Crippen MR) is 288 cm³/mol. The van der Waals surface area contributed by atoms with E-state index in [2.05, 4.69) is 102 Å². The maximum Gasteiger partial charge on any atom is 0.166 e. The van der Waals surface area contributed by atoms with E-state index in [1.54, 1.807) is 6.08 Å². The van der Waals surface area contributed by atoms with E-state index in [1.165, 1.54) is 20.2 Å². The Bertz CT molecular complexity index is 4280. The number of aromatic nitrogens is 7. The molecule has 0 saturated carbocycles. The minimum Gasteiger partial charge on any atom is -0.456 e. The second-order valence-corrected chi connectivity index (χ2v) is 18.2. The highest BCUT2D eigenvalue weighted by atomic mass is 32.1. The van der Waals surface area contributed by atoms with Gasteiger partial charge in [0.25, 0.3) is 0 Å². The number of hydrogen-bond acceptors (Lipinski definition) is 8. The summed E-state index contributed by atoms with van der Waals surface area (Å²) < 4.78 is 11.2. The average molecular weight is 918 g/mol. The van der Waals surface area contributed by atoms with Crippen LogP contribution in [0.4, 0.5) is 0 Å². The Morgan fingerprint density at radius 3 is 1.89 bits per heavy atom. The molecule has 0 radical (unpaired) electrons. The van der Waals surface area contributed by atoms with Crippen molar-refractivity contribution in [3.05, 3.63) is 219 Å². The Morgan fingerprint density at radius 2 is 1.10 bits per heavy atom. The van der Waals surface area contributed by atoms with Crippen LogP contribution in [0.25, 0.3) is 132 Å². The summed E-state index contributed by atoms with van der Waals surface area (Å²) in [7, 11) is 0. The van der Waals surface area contributed by atoms with Gasteiger partial charge in [-0.05, 0) is 67.1 Å². The van der Waals surface area contributed by atoms with Crippen LogP contribution in [-0.2, 0) is 0 Å². The van der Waals surface area contributed by atoms with Gasteiger partial charge in [0.05, 0.1) is 16.7 Å². The van der Waals surface area contributed by atoms with Crippen LogP contribution in [-0.4, -0.2) is 34.5 Å². The molecule has 13 rings (SSSR count). The van der Waals surface area contributed by atoms with Gasteiger partial charge in [-0.1, -0.05) is 158 Å². The van der Waals surface area contributed by atoms with Gasteiger partial charge in [0.2, 0.25) is 0 Å². The summed E-state index contributed by atoms with van der Waals surface area (Å²) in [5.41, 5.74) is 9.59. The number of furan rings is 1. The smallest absolute Gasteiger partial charge is 0.166 e. The zero-order chi connectivity index (χ0) is 46.7. The van der Waals surface area contributed by atoms with E-state index in [0.29, 0.717) is 34.9 Å². The molecule has 0 unspecified atom stereocenters. The first kappa shape index (κ1) is 41.0. The molecule has 0 aliphatic carbocycles. The van der Waals surface area contributed by atoms with Crippen LogP contribution in [0.2, 0.25) is 0 Å². The number of para-hydroxylation sites is 2. The van der Waals surface area contributed by atoms with Gasteiger partial charge < -0.3 is 8.98 Å². The molecule has 9 heteroatoms. The molecule has 0 fully saturated rings. The van der Waals surface area contributed by atoms with Crippen LogP contribution in [0.5, 0.6) is 0 Å². The van der Waals surface area contributed by atoms with Crippen molar-refractivity contribution in [1.29, 1.82) is 0 Å². The van der Waals surface area contributed by atoms with Crippen LogP contribution < -0.4 is 0 Å². The molecule has 0 saturated heterocycles. The number of rotatable bonds is 9. The SMILES string of the molecule is C=C/C=C\C=C(/C)c1nc(-c2ccccc2)nc(-c2cc(-c3nc(-c4ccccc4)nc(-c4cccc5oc6ccccc6c45)n3)ccc2-n2c3ccccc3c3cc4sc5ccccc5c4cc32)n1. The van der Waals surface area contributed by atoms with Crippen molar-refractivity contribution in [3.63, 3.8) is 0 Å². The highest BCUT2D eigenvalue weighted by Gasteiger charge is 2.23. The Labute approximate surface area is 406 Å². The summed E-state index contributed by atoms with van der Waals surface area (Å²) >= 11 is 1.82. The first-order valence-electron chi connectivity index (χ1n) is 23.1. The van der Waals surface area contributed by atoms with E-state index in [1.807, 2.05) is 127 Å². The number of allylic oxidation sites excluding steroid dienone is 5. The minimum atomic E-state index is 0.498. The average Bonchev–Trinajstić information content (AvgIpc) is 4.09. The minimum absolute atomic E-state index is 0.498. The first-order valence-corrected chi connectivity index (χ1v) is 23.9. The Balaban J connectivity index is 1.11. The molecule has 5 heterocycles. The van der Waals surface area contributed by atoms with E-state index < -0.39 is 0 Å². The van der Waals surface area contributed by atoms with Crippen molar-refractivity contribution in [3.8, 4) is 62.6 Å². The van der Waals surface area contributed by atoms with Gasteiger partial charge in [-0.2, -0.15) is 0 Å². The molecule has 13 aromatic rings. The summed E-state index contributed by atoms with van der Waals surface area (Å²) in [4.78, 5) is 31.5. The topological polar surface area (TPSA) is 95.4 Å². The van der Waals surface area contributed by atoms with Gasteiger partial charge in [0.1, 0.15) is 11.2 Å². The number of nitrogens with zero attached hydrogens (tertiary/aromatic N) is 7. The summed E-state index contributed by atoms with van der Waals surface area (Å²) in [6, 6.07) is 62.6. The van der Waals surface area contributed by atoms with Crippen LogP contribution in [0.1, 0.15) is 12.7 Å². The molecular formula is C61H39N7OS. The van der Waals surface area contributed by atoms with Crippen molar-refractivity contribution in [2.24, 2.45) is 0 Å². The standard InChI is InChI=1S/C61H39N7OS/c1-3-4-7-19-37(2)56-62-57(38-20-8-5-9-21-38)66-61(63-56)47-34-40(32-33-49(47)68-48-28-15-12-24-41(48)45-36-54-46(35-50(45)68)42-25-14-17-31-53(42)70-54)59-64-58(39-22-10-6-11-23-39)65-60(67-59)44-27-18-30-52-55(44)43-26-13-16-29-51(43)69-52/h3-36H,1H2,2H3/b7-4-,37-19+. The maximum absolute atomic E-state index is 6.35. The van der Waals surface area contributed by atoms with Gasteiger partial charge in [-0.3, -0.25) is 0 Å². The molecular weight excluding hydrogens is 879 g/mol. The molecule has 330 valence electrons. The fourth-order valence-electron chi connectivity index (χ4n) is 9.54. The van der Waals surface area contributed by atoms with Crippen molar-refractivity contribution >= 4 is 80.8 Å². The fourth-order valence-corrected chi connectivity index (χ4v) is 10.7. The van der Waals surface area contributed by atoms with E-state index in [4.69, 9.17) is 34.3 Å². The third-order valence-corrected chi connectivity index (χ3v) is 14.0. The van der Waals surface area contributed by atoms with Crippen LogP contribution in [0.15, 0.2) is 217 Å². The van der Waals surface area contributed by atoms with Crippen molar-refractivity contribution in [2.75, 3.05) is 0 Å². The number of thiophene rings is 1. The number of benzene rings is 8. The van der Waals surface area contributed by atoms with Gasteiger partial charge >= 0.3 is 0 Å². The Kier molecular flexibility index (Phi) is 9.88. The molecule has 5 aromatic heterocycles. The van der Waals surface area contributed by atoms with Crippen molar-refractivity contribution in [2.45, 2.75) is 6.92 Å². The molecule has 0 spiro atoms. The molecule has 70 heavy (non-hydrogen) atoms. The third-order valence-electron chi connectivity index (χ3n) is 12.8. The van der Waals surface area contributed by atoms with E-state index in [-0.39, 0.29) is 0 Å². The molecule has 0 N–H and O–H groups in total. The second kappa shape index (κ2) is 16.9. The molecule has 8 nitrogen and oxygen atoms in total. The molecule has 0 bridgehead atoms. The van der Waals surface area contributed by atoms with Gasteiger partial charge in [-0.25, -0.2) is 29.9 Å². The van der Waals surface area contributed by atoms with Crippen molar-refractivity contribution in [1.82, 2.24) is 34.5 Å². The largest absolute Gasteiger partial charge is 0.456 e. The number of fused-ring (bicyclic) bond motifs is 9. The lowest BCUT2D eigenvalue weighted by molar-refractivity contribution is 0.669. The first-order chi connectivity index (χ1) is 34.6. The summed E-state index contributed by atoms with van der Waals surface area (Å²) in [5.74, 6) is 3.19. The summed E-state index contributed by atoms with van der Waals surface area (Å²) in [6.07, 6.45) is 7.59. The lowest BCUT2D eigenvalue weighted by Gasteiger charge is -2.16. The van der Waals surface area contributed by atoms with Gasteiger partial charge in [-0.15, -0.1) is 11.3 Å². The highest BCUT2D eigenvalue weighted by molar-refractivity contribution is 7.25. The van der Waals surface area contributed by atoms with Gasteiger partial charge in [0, 0.05) is 69.5 Å². The van der Waals surface area contributed by atoms with Crippen LogP contribution >= 0.6 is 11.3 Å². The molecule has 0 amide bonds. The Morgan fingerprint density at radius 1 is 0.471 bits per heavy atom. The van der Waals surface area contributed by atoms with E-state index in [0.717, 1.165) is 82.8 Å². The molecule has 0 aliphatic rings. The zero-order valence-electron chi connectivity index (χ0n) is 37.8. The lowest BCUT2D eigenvalue weighted by atomic mass is 10.0. The lowest BCUT2D eigenvalue weighted by Crippen LogP contribution is -2.06. The van der Waals surface area contributed by atoms with Crippen molar-refractivity contribution < 1.29 is 4.42 Å². The monoisotopic (exact) mass is 917 g/mol. The van der Waals surface area contributed by atoms with Crippen LogP contribution in [0.3, 0.4) is 0 Å². The van der Waals surface area contributed by atoms with E-state index >= 15 is 0 Å². The summed E-state index contributed by atoms with van der Waals surface area (Å²) in [5, 5.41) is 6.70. The van der Waals surface area contributed by atoms with Crippen LogP contribution in [0, 0.1) is 0 Å². The fraction of sp³-hybridized carbons (Fsp3) is 0.0164. The normalized spacial score (nSPS) is 12.2. The summed E-state index contributed by atoms with van der Waals surface area (Å²) in [6.45, 7) is 5.88. The van der Waals surface area contributed by atoms with Gasteiger partial charge in [0.15, 0.2) is 34.9 Å². The zero-order valence-corrected chi connectivity index (χ0v) is 38.6. The molecule has 0 atom stereocenters. The highest BCUT2D eigenvalue weighted by Crippen LogP contribution is 2.43. The third kappa shape index (κ3) is 6.98. The predicted octanol–water partition coefficient (Wildman–Crippen LogP) is 15.9. The quantitative estimate of drug-likeness (QED) is 0.133. The second-order valence-electron chi connectivity index (χ2n) is 17.1. The number of hydrogen-bond donors (Lipinski definition) is 0. The Hall–Kier alpha value is -9.18. The maximum atomic E-state index is 6.35. The van der Waals surface area contributed by atoms with E-state index in [9.17, 15) is 0 Å². The molecule has 8 aromatic carbocycles.